The quantitative estimate of drug-likeness (QED) is 0.407. The van der Waals surface area contributed by atoms with Crippen LogP contribution in [0.2, 0.25) is 0 Å². The van der Waals surface area contributed by atoms with E-state index in [4.69, 9.17) is 20.2 Å². The van der Waals surface area contributed by atoms with Crippen LogP contribution in [-0.4, -0.2) is 40.4 Å². The van der Waals surface area contributed by atoms with E-state index < -0.39 is 0 Å². The molecule has 1 aliphatic heterocycles. The molecule has 0 aliphatic carbocycles. The highest BCUT2D eigenvalue weighted by Gasteiger charge is 2.20. The molecular weight excluding hydrogens is 492 g/mol. The van der Waals surface area contributed by atoms with E-state index >= 15 is 0 Å². The molecule has 0 saturated heterocycles. The third-order valence-electron chi connectivity index (χ3n) is 5.23. The summed E-state index contributed by atoms with van der Waals surface area (Å²) in [5.74, 6) is 1.82. The van der Waals surface area contributed by atoms with Crippen molar-refractivity contribution in [1.29, 1.82) is 0 Å². The standard InChI is InChI=1S/C22H21BrN6O2S/c1-28(2)14-5-3-13(4-6-14)7-8-29-21-19(20(24)25-11-26-21)27-22(29)32-18-10-17-16(9-15(18)23)30-12-31-17/h3-6,9-11H,7-8,12H2,1-2H3,(H2,24,25,26). The Morgan fingerprint density at radius 2 is 1.88 bits per heavy atom. The molecule has 2 aromatic heterocycles. The summed E-state index contributed by atoms with van der Waals surface area (Å²) >= 11 is 5.16. The van der Waals surface area contributed by atoms with E-state index in [0.29, 0.717) is 17.9 Å². The van der Waals surface area contributed by atoms with Gasteiger partial charge >= 0.3 is 0 Å². The number of hydrogen-bond acceptors (Lipinski definition) is 8. The fraction of sp³-hybridized carbons (Fsp3) is 0.227. The summed E-state index contributed by atoms with van der Waals surface area (Å²) in [6.07, 6.45) is 2.31. The van der Waals surface area contributed by atoms with E-state index in [-0.39, 0.29) is 6.79 Å². The van der Waals surface area contributed by atoms with Crippen molar-refractivity contribution in [2.45, 2.75) is 23.0 Å². The van der Waals surface area contributed by atoms with Crippen LogP contribution in [0.1, 0.15) is 5.56 Å². The second-order valence-electron chi connectivity index (χ2n) is 7.53. The summed E-state index contributed by atoms with van der Waals surface area (Å²) in [4.78, 5) is 16.4. The molecule has 0 unspecified atom stereocenters. The molecule has 0 fully saturated rings. The fourth-order valence-electron chi connectivity index (χ4n) is 3.49. The zero-order chi connectivity index (χ0) is 22.2. The molecule has 0 spiro atoms. The largest absolute Gasteiger partial charge is 0.454 e. The predicted octanol–water partition coefficient (Wildman–Crippen LogP) is 4.36. The Bertz CT molecular complexity index is 1290. The topological polar surface area (TPSA) is 91.3 Å². The molecule has 4 aromatic rings. The third kappa shape index (κ3) is 3.95. The number of nitrogens with two attached hydrogens (primary N) is 1. The summed E-state index contributed by atoms with van der Waals surface area (Å²) in [7, 11) is 4.07. The van der Waals surface area contributed by atoms with E-state index in [1.807, 2.05) is 26.2 Å². The van der Waals surface area contributed by atoms with Crippen molar-refractivity contribution in [3.63, 3.8) is 0 Å². The van der Waals surface area contributed by atoms with E-state index in [1.54, 1.807) is 0 Å². The van der Waals surface area contributed by atoms with E-state index in [1.165, 1.54) is 29.3 Å². The number of benzene rings is 2. The number of fused-ring (bicyclic) bond motifs is 2. The zero-order valence-corrected chi connectivity index (χ0v) is 20.0. The second-order valence-corrected chi connectivity index (χ2v) is 9.39. The molecule has 3 heterocycles. The van der Waals surface area contributed by atoms with Gasteiger partial charge in [0.25, 0.3) is 0 Å². The lowest BCUT2D eigenvalue weighted by Crippen LogP contribution is -2.08. The van der Waals surface area contributed by atoms with Gasteiger partial charge in [0, 0.05) is 35.7 Å². The lowest BCUT2D eigenvalue weighted by molar-refractivity contribution is 0.174. The van der Waals surface area contributed by atoms with E-state index in [2.05, 4.69) is 59.6 Å². The summed E-state index contributed by atoms with van der Waals surface area (Å²) in [6, 6.07) is 12.4. The van der Waals surface area contributed by atoms with Crippen molar-refractivity contribution in [2.24, 2.45) is 0 Å². The first kappa shape index (κ1) is 20.9. The van der Waals surface area contributed by atoms with Gasteiger partial charge in [-0.3, -0.25) is 0 Å². The van der Waals surface area contributed by atoms with Crippen molar-refractivity contribution in [1.82, 2.24) is 19.5 Å². The molecular formula is C22H21BrN6O2S. The number of rotatable bonds is 6. The van der Waals surface area contributed by atoms with Crippen molar-refractivity contribution < 1.29 is 9.47 Å². The van der Waals surface area contributed by atoms with Crippen LogP contribution < -0.4 is 20.1 Å². The van der Waals surface area contributed by atoms with Gasteiger partial charge in [0.05, 0.1) is 0 Å². The van der Waals surface area contributed by atoms with Gasteiger partial charge in [0.15, 0.2) is 33.6 Å². The highest BCUT2D eigenvalue weighted by Crippen LogP contribution is 2.43. The average Bonchev–Trinajstić information content (AvgIpc) is 3.37. The minimum absolute atomic E-state index is 0.229. The fourth-order valence-corrected chi connectivity index (χ4v) is 5.00. The van der Waals surface area contributed by atoms with E-state index in [0.717, 1.165) is 38.1 Å². The SMILES string of the molecule is CN(C)c1ccc(CCn2c(Sc3cc4c(cc3Br)OCO4)nc3c(N)ncnc32)cc1. The van der Waals surface area contributed by atoms with Crippen molar-refractivity contribution in [2.75, 3.05) is 31.5 Å². The van der Waals surface area contributed by atoms with Gasteiger partial charge in [-0.25, -0.2) is 15.0 Å². The smallest absolute Gasteiger partial charge is 0.231 e. The van der Waals surface area contributed by atoms with Gasteiger partial charge < -0.3 is 24.7 Å². The Morgan fingerprint density at radius 3 is 2.62 bits per heavy atom. The van der Waals surface area contributed by atoms with Crippen molar-refractivity contribution in [3.05, 3.63) is 52.8 Å². The van der Waals surface area contributed by atoms with Crippen LogP contribution in [0.15, 0.2) is 57.3 Å². The molecule has 10 heteroatoms. The molecule has 0 amide bonds. The molecule has 0 saturated carbocycles. The molecule has 164 valence electrons. The van der Waals surface area contributed by atoms with Gasteiger partial charge in [-0.15, -0.1) is 0 Å². The number of nitrogens with zero attached hydrogens (tertiary/aromatic N) is 5. The molecule has 8 nitrogen and oxygen atoms in total. The number of anilines is 2. The van der Waals surface area contributed by atoms with Gasteiger partial charge in [-0.05, 0) is 52.2 Å². The maximum Gasteiger partial charge on any atom is 0.231 e. The van der Waals surface area contributed by atoms with Crippen LogP contribution in [-0.2, 0) is 13.0 Å². The zero-order valence-electron chi connectivity index (χ0n) is 17.6. The average molecular weight is 513 g/mol. The highest BCUT2D eigenvalue weighted by molar-refractivity contribution is 9.10. The van der Waals surface area contributed by atoms with Crippen molar-refractivity contribution >= 4 is 50.4 Å². The van der Waals surface area contributed by atoms with Gasteiger partial charge in [-0.2, -0.15) is 0 Å². The van der Waals surface area contributed by atoms with Crippen LogP contribution in [0.25, 0.3) is 11.2 Å². The van der Waals surface area contributed by atoms with Crippen LogP contribution in [0.5, 0.6) is 11.5 Å². The first-order valence-corrected chi connectivity index (χ1v) is 11.6. The molecule has 1 aliphatic rings. The molecule has 2 aromatic carbocycles. The monoisotopic (exact) mass is 512 g/mol. The Balaban J connectivity index is 1.48. The predicted molar refractivity (Wildman–Crippen MR) is 129 cm³/mol. The molecule has 32 heavy (non-hydrogen) atoms. The summed E-state index contributed by atoms with van der Waals surface area (Å²) < 4.78 is 14.0. The Kier molecular flexibility index (Phi) is 5.56. The van der Waals surface area contributed by atoms with Crippen LogP contribution in [0.3, 0.4) is 0 Å². The third-order valence-corrected chi connectivity index (χ3v) is 7.20. The van der Waals surface area contributed by atoms with Gasteiger partial charge in [0.2, 0.25) is 6.79 Å². The van der Waals surface area contributed by atoms with Crippen LogP contribution >= 0.6 is 27.7 Å². The molecule has 0 radical (unpaired) electrons. The Morgan fingerprint density at radius 1 is 1.12 bits per heavy atom. The minimum atomic E-state index is 0.229. The molecule has 5 rings (SSSR count). The Hall–Kier alpha value is -2.98. The maximum atomic E-state index is 6.10. The van der Waals surface area contributed by atoms with Crippen LogP contribution in [0.4, 0.5) is 11.5 Å². The number of imidazole rings is 1. The van der Waals surface area contributed by atoms with Gasteiger partial charge in [-0.1, -0.05) is 23.9 Å². The molecule has 0 atom stereocenters. The van der Waals surface area contributed by atoms with E-state index in [9.17, 15) is 0 Å². The lowest BCUT2D eigenvalue weighted by atomic mass is 10.1. The van der Waals surface area contributed by atoms with Crippen LogP contribution in [0, 0.1) is 0 Å². The second kappa shape index (κ2) is 8.51. The molecule has 0 bridgehead atoms. The number of hydrogen-bond donors (Lipinski definition) is 1. The minimum Gasteiger partial charge on any atom is -0.454 e. The highest BCUT2D eigenvalue weighted by atomic mass is 79.9. The summed E-state index contributed by atoms with van der Waals surface area (Å²) in [5, 5.41) is 0.789. The lowest BCUT2D eigenvalue weighted by Gasteiger charge is -2.13. The van der Waals surface area contributed by atoms with Gasteiger partial charge in [0.1, 0.15) is 6.33 Å². The summed E-state index contributed by atoms with van der Waals surface area (Å²) in [6.45, 7) is 0.936. The first-order valence-electron chi connectivity index (χ1n) is 9.99. The first-order chi connectivity index (χ1) is 15.5. The number of aromatic nitrogens is 4. The summed E-state index contributed by atoms with van der Waals surface area (Å²) in [5.41, 5.74) is 9.84. The maximum absolute atomic E-state index is 6.10. The number of ether oxygens (including phenoxy) is 2. The normalized spacial score (nSPS) is 12.5. The Labute approximate surface area is 197 Å². The van der Waals surface area contributed by atoms with Crippen molar-refractivity contribution in [3.8, 4) is 11.5 Å². The number of halogens is 1. The molecule has 2 N–H and O–H groups in total. The number of nitrogen functional groups attached to an aromatic ring is 1. The number of aryl methyl sites for hydroxylation is 2.